The minimum Gasteiger partial charge on any atom is -0.475 e. The zero-order chi connectivity index (χ0) is 22.0. The number of carboxylic acids is 2. The van der Waals surface area contributed by atoms with E-state index in [1.807, 2.05) is 6.07 Å². The highest BCUT2D eigenvalue weighted by Crippen LogP contribution is 2.13. The van der Waals surface area contributed by atoms with Crippen LogP contribution in [0.25, 0.3) is 0 Å². The van der Waals surface area contributed by atoms with Gasteiger partial charge < -0.3 is 15.5 Å². The molecular formula is C15H17F7N2O4. The van der Waals surface area contributed by atoms with E-state index >= 15 is 0 Å². The van der Waals surface area contributed by atoms with Crippen LogP contribution in [0.3, 0.4) is 0 Å². The van der Waals surface area contributed by atoms with Crippen molar-refractivity contribution in [2.75, 3.05) is 26.2 Å². The van der Waals surface area contributed by atoms with Crippen LogP contribution in [0.5, 0.6) is 0 Å². The van der Waals surface area contributed by atoms with Gasteiger partial charge in [-0.15, -0.1) is 0 Å². The SMILES string of the molecule is Fc1cccc(CN2CCNCC2)c1.O=C(O)C(F)(F)F.O=C(O)C(F)(F)F. The Morgan fingerprint density at radius 2 is 1.39 bits per heavy atom. The van der Waals surface area contributed by atoms with Gasteiger partial charge in [-0.2, -0.15) is 26.3 Å². The first-order chi connectivity index (χ1) is 12.7. The molecule has 0 bridgehead atoms. The molecule has 28 heavy (non-hydrogen) atoms. The van der Waals surface area contributed by atoms with Gasteiger partial charge in [0.15, 0.2) is 0 Å². The summed E-state index contributed by atoms with van der Waals surface area (Å²) in [5.41, 5.74) is 1.06. The van der Waals surface area contributed by atoms with Gasteiger partial charge in [0, 0.05) is 32.7 Å². The molecule has 0 saturated carbocycles. The lowest BCUT2D eigenvalue weighted by Crippen LogP contribution is -2.42. The lowest BCUT2D eigenvalue weighted by Gasteiger charge is -2.27. The van der Waals surface area contributed by atoms with Gasteiger partial charge in [0.05, 0.1) is 0 Å². The third kappa shape index (κ3) is 12.1. The first-order valence-corrected chi connectivity index (χ1v) is 7.51. The van der Waals surface area contributed by atoms with Crippen LogP contribution in [0.1, 0.15) is 5.56 Å². The second kappa shape index (κ2) is 11.4. The summed E-state index contributed by atoms with van der Waals surface area (Å²) in [6.07, 6.45) is -10.2. The maximum absolute atomic E-state index is 12.9. The molecule has 3 N–H and O–H groups in total. The molecule has 160 valence electrons. The molecule has 6 nitrogen and oxygen atoms in total. The van der Waals surface area contributed by atoms with Crippen LogP contribution in [-0.2, 0) is 16.1 Å². The van der Waals surface area contributed by atoms with Crippen LogP contribution in [0.15, 0.2) is 24.3 Å². The monoisotopic (exact) mass is 422 g/mol. The molecule has 1 aromatic carbocycles. The van der Waals surface area contributed by atoms with Crippen molar-refractivity contribution < 1.29 is 50.5 Å². The summed E-state index contributed by atoms with van der Waals surface area (Å²) >= 11 is 0. The molecule has 1 saturated heterocycles. The molecule has 1 fully saturated rings. The number of alkyl halides is 6. The van der Waals surface area contributed by atoms with Crippen LogP contribution < -0.4 is 5.32 Å². The normalized spacial score (nSPS) is 14.8. The first-order valence-electron chi connectivity index (χ1n) is 7.51. The van der Waals surface area contributed by atoms with Crippen molar-refractivity contribution in [2.24, 2.45) is 0 Å². The van der Waals surface area contributed by atoms with Gasteiger partial charge in [-0.05, 0) is 17.7 Å². The van der Waals surface area contributed by atoms with E-state index in [4.69, 9.17) is 19.8 Å². The van der Waals surface area contributed by atoms with Gasteiger partial charge in [0.25, 0.3) is 0 Å². The molecule has 1 aromatic rings. The van der Waals surface area contributed by atoms with Crippen LogP contribution in [-0.4, -0.2) is 65.6 Å². The largest absolute Gasteiger partial charge is 0.490 e. The zero-order valence-corrected chi connectivity index (χ0v) is 14.1. The van der Waals surface area contributed by atoms with Gasteiger partial charge in [0.2, 0.25) is 0 Å². The van der Waals surface area contributed by atoms with E-state index in [2.05, 4.69) is 10.2 Å². The molecular weight excluding hydrogens is 405 g/mol. The molecule has 0 aliphatic carbocycles. The summed E-state index contributed by atoms with van der Waals surface area (Å²) < 4.78 is 76.4. The number of carbonyl (C=O) groups is 2. The predicted octanol–water partition coefficient (Wildman–Crippen LogP) is 2.50. The third-order valence-electron chi connectivity index (χ3n) is 2.99. The molecule has 0 radical (unpaired) electrons. The fourth-order valence-electron chi connectivity index (χ4n) is 1.76. The minimum absolute atomic E-state index is 0.141. The average molecular weight is 422 g/mol. The molecule has 1 aliphatic heterocycles. The molecule has 0 amide bonds. The molecule has 0 spiro atoms. The maximum Gasteiger partial charge on any atom is 0.490 e. The van der Waals surface area contributed by atoms with Gasteiger partial charge in [-0.25, -0.2) is 14.0 Å². The Morgan fingerprint density at radius 3 is 1.75 bits per heavy atom. The number of benzene rings is 1. The van der Waals surface area contributed by atoms with Crippen LogP contribution in [0.4, 0.5) is 30.7 Å². The number of nitrogens with one attached hydrogen (secondary N) is 1. The number of halogens is 7. The molecule has 0 unspecified atom stereocenters. The molecule has 1 heterocycles. The fourth-order valence-corrected chi connectivity index (χ4v) is 1.76. The van der Waals surface area contributed by atoms with Gasteiger partial charge in [0.1, 0.15) is 5.82 Å². The second-order valence-corrected chi connectivity index (χ2v) is 5.26. The molecule has 0 atom stereocenters. The molecule has 1 aliphatic rings. The van der Waals surface area contributed by atoms with E-state index in [1.165, 1.54) is 6.07 Å². The van der Waals surface area contributed by atoms with Gasteiger partial charge in [-0.1, -0.05) is 12.1 Å². The number of carboxylic acid groups (broad SMARTS) is 2. The Balaban J connectivity index is 0.000000444. The summed E-state index contributed by atoms with van der Waals surface area (Å²) in [7, 11) is 0. The smallest absolute Gasteiger partial charge is 0.475 e. The topological polar surface area (TPSA) is 89.9 Å². The molecule has 2 rings (SSSR count). The lowest BCUT2D eigenvalue weighted by molar-refractivity contribution is -0.193. The highest BCUT2D eigenvalue weighted by molar-refractivity contribution is 5.73. The van der Waals surface area contributed by atoms with Gasteiger partial charge in [-0.3, -0.25) is 4.90 Å². The van der Waals surface area contributed by atoms with E-state index in [0.29, 0.717) is 0 Å². The average Bonchev–Trinajstić information content (AvgIpc) is 2.55. The van der Waals surface area contributed by atoms with E-state index in [9.17, 15) is 30.7 Å². The standard InChI is InChI=1S/C11H15FN2.2C2HF3O2/c12-11-3-1-2-10(8-11)9-14-6-4-13-5-7-14;2*3-2(4,5)1(6)7/h1-3,8,13H,4-7,9H2;2*(H,6,7). The number of rotatable bonds is 2. The summed E-state index contributed by atoms with van der Waals surface area (Å²) in [4.78, 5) is 20.1. The van der Waals surface area contributed by atoms with Crippen molar-refractivity contribution in [1.82, 2.24) is 10.2 Å². The van der Waals surface area contributed by atoms with E-state index in [-0.39, 0.29) is 5.82 Å². The first kappa shape index (κ1) is 25.6. The summed E-state index contributed by atoms with van der Waals surface area (Å²) in [5, 5.41) is 17.5. The van der Waals surface area contributed by atoms with Gasteiger partial charge >= 0.3 is 24.3 Å². The predicted molar refractivity (Wildman–Crippen MR) is 81.9 cm³/mol. The quantitative estimate of drug-likeness (QED) is 0.635. The van der Waals surface area contributed by atoms with Crippen LogP contribution in [0, 0.1) is 5.82 Å². The Hall–Kier alpha value is -2.41. The van der Waals surface area contributed by atoms with Crippen LogP contribution >= 0.6 is 0 Å². The van der Waals surface area contributed by atoms with Crippen molar-refractivity contribution in [3.05, 3.63) is 35.6 Å². The maximum atomic E-state index is 12.9. The Morgan fingerprint density at radius 1 is 0.964 bits per heavy atom. The lowest BCUT2D eigenvalue weighted by atomic mass is 10.2. The van der Waals surface area contributed by atoms with E-state index < -0.39 is 24.3 Å². The number of hydrogen-bond donors (Lipinski definition) is 3. The highest BCUT2D eigenvalue weighted by Gasteiger charge is 2.38. The van der Waals surface area contributed by atoms with Crippen molar-refractivity contribution >= 4 is 11.9 Å². The van der Waals surface area contributed by atoms with Crippen molar-refractivity contribution in [3.63, 3.8) is 0 Å². The summed E-state index contributed by atoms with van der Waals surface area (Å²) in [6, 6.07) is 6.85. The third-order valence-corrected chi connectivity index (χ3v) is 2.99. The molecule has 0 aromatic heterocycles. The second-order valence-electron chi connectivity index (χ2n) is 5.26. The number of nitrogens with zero attached hydrogens (tertiary/aromatic N) is 1. The van der Waals surface area contributed by atoms with Crippen molar-refractivity contribution in [3.8, 4) is 0 Å². The number of aliphatic carboxylic acids is 2. The number of hydrogen-bond acceptors (Lipinski definition) is 4. The zero-order valence-electron chi connectivity index (χ0n) is 14.1. The Kier molecular flexibility index (Phi) is 10.5. The summed E-state index contributed by atoms with van der Waals surface area (Å²) in [5.74, 6) is -5.65. The van der Waals surface area contributed by atoms with E-state index in [1.54, 1.807) is 12.1 Å². The Labute approximate surface area is 154 Å². The fraction of sp³-hybridized carbons (Fsp3) is 0.467. The minimum atomic E-state index is -5.08. The number of piperazine rings is 1. The van der Waals surface area contributed by atoms with Crippen molar-refractivity contribution in [1.29, 1.82) is 0 Å². The van der Waals surface area contributed by atoms with Crippen molar-refractivity contribution in [2.45, 2.75) is 18.9 Å². The highest BCUT2D eigenvalue weighted by atomic mass is 19.4. The van der Waals surface area contributed by atoms with Crippen LogP contribution in [0.2, 0.25) is 0 Å². The Bertz CT molecular complexity index is 606. The summed E-state index contributed by atoms with van der Waals surface area (Å²) in [6.45, 7) is 5.04. The molecule has 13 heteroatoms. The van der Waals surface area contributed by atoms with E-state index in [0.717, 1.165) is 38.3 Å².